The first-order valence-electron chi connectivity index (χ1n) is 10.1. The Labute approximate surface area is 183 Å². The van der Waals surface area contributed by atoms with E-state index >= 15 is 0 Å². The first-order valence-corrected chi connectivity index (χ1v) is 10.1. The van der Waals surface area contributed by atoms with E-state index in [1.807, 2.05) is 0 Å². The van der Waals surface area contributed by atoms with Crippen LogP contribution in [0.3, 0.4) is 0 Å². The molecule has 0 unspecified atom stereocenters. The fourth-order valence-electron chi connectivity index (χ4n) is 4.43. The number of hydrogen-bond acceptors (Lipinski definition) is 9. The molecule has 0 saturated carbocycles. The number of benzene rings is 1. The lowest BCUT2D eigenvalue weighted by molar-refractivity contribution is -0.226. The number of carbonyl (C=O) groups excluding carboxylic acids is 5. The minimum Gasteiger partial charge on any atom is -0.462 e. The summed E-state index contributed by atoms with van der Waals surface area (Å²) in [5, 5.41) is 0. The summed E-state index contributed by atoms with van der Waals surface area (Å²) >= 11 is 0. The van der Waals surface area contributed by atoms with Crippen LogP contribution in [0.1, 0.15) is 31.1 Å². The molecule has 0 radical (unpaired) electrons. The van der Waals surface area contributed by atoms with E-state index in [-0.39, 0.29) is 17.9 Å². The van der Waals surface area contributed by atoms with Gasteiger partial charge in [-0.05, 0) is 37.3 Å². The largest absolute Gasteiger partial charge is 0.462 e. The molecular weight excluding hydrogens is 422 g/mol. The molecule has 32 heavy (non-hydrogen) atoms. The standard InChI is InChI=1S/C22H21NO9/c1-4-29-20(28)13-5-7-14(8-6-13)23-18(26)16-15-9-10-22(32-15,17(16)19(23)27)21(30-11(2)24)31-12(3)25/h5-10,15-17,21H,4H2,1-3H3/t15-,16-,17-,22+/m0/s1. The molecule has 1 aromatic carbocycles. The highest BCUT2D eigenvalue weighted by Gasteiger charge is 2.72. The third-order valence-corrected chi connectivity index (χ3v) is 5.63. The van der Waals surface area contributed by atoms with Gasteiger partial charge in [-0.25, -0.2) is 9.69 Å². The molecule has 4 rings (SSSR count). The summed E-state index contributed by atoms with van der Waals surface area (Å²) in [5.41, 5.74) is -1.06. The first-order chi connectivity index (χ1) is 15.2. The van der Waals surface area contributed by atoms with Crippen LogP contribution in [0.5, 0.6) is 0 Å². The average molecular weight is 443 g/mol. The zero-order valence-electron chi connectivity index (χ0n) is 17.6. The second kappa shape index (κ2) is 7.86. The highest BCUT2D eigenvalue weighted by atomic mass is 16.7. The molecule has 3 aliphatic rings. The predicted octanol–water partition coefficient (Wildman–Crippen LogP) is 1.13. The van der Waals surface area contributed by atoms with E-state index in [1.165, 1.54) is 30.3 Å². The molecule has 1 aromatic rings. The quantitative estimate of drug-likeness (QED) is 0.275. The van der Waals surface area contributed by atoms with Gasteiger partial charge in [0.1, 0.15) is 0 Å². The summed E-state index contributed by atoms with van der Waals surface area (Å²) in [7, 11) is 0. The van der Waals surface area contributed by atoms with Crippen LogP contribution in [-0.4, -0.2) is 54.3 Å². The molecule has 2 bridgehead atoms. The minimum absolute atomic E-state index is 0.218. The van der Waals surface area contributed by atoms with Gasteiger partial charge in [-0.1, -0.05) is 6.08 Å². The van der Waals surface area contributed by atoms with E-state index in [9.17, 15) is 24.0 Å². The summed E-state index contributed by atoms with van der Waals surface area (Å²) in [5.74, 6) is -5.00. The summed E-state index contributed by atoms with van der Waals surface area (Å²) in [4.78, 5) is 62.8. The zero-order chi connectivity index (χ0) is 23.2. The number of rotatable bonds is 6. The molecular formula is C22H21NO9. The van der Waals surface area contributed by atoms with Crippen LogP contribution < -0.4 is 4.90 Å². The van der Waals surface area contributed by atoms with Crippen LogP contribution in [-0.2, 0) is 38.1 Å². The van der Waals surface area contributed by atoms with Gasteiger partial charge >= 0.3 is 17.9 Å². The van der Waals surface area contributed by atoms with Crippen molar-refractivity contribution < 1.29 is 42.9 Å². The molecule has 2 fully saturated rings. The number of carbonyl (C=O) groups is 5. The van der Waals surface area contributed by atoms with Gasteiger partial charge in [0.25, 0.3) is 6.29 Å². The van der Waals surface area contributed by atoms with Crippen molar-refractivity contribution in [2.75, 3.05) is 11.5 Å². The Balaban J connectivity index is 1.66. The maximum atomic E-state index is 13.4. The molecule has 3 aliphatic heterocycles. The molecule has 0 spiro atoms. The van der Waals surface area contributed by atoms with E-state index in [1.54, 1.807) is 13.0 Å². The fraction of sp³-hybridized carbons (Fsp3) is 0.409. The van der Waals surface area contributed by atoms with Gasteiger partial charge in [-0.3, -0.25) is 19.2 Å². The second-order valence-corrected chi connectivity index (χ2v) is 7.63. The number of hydrogen-bond donors (Lipinski definition) is 0. The molecule has 10 heteroatoms. The van der Waals surface area contributed by atoms with Crippen molar-refractivity contribution in [1.29, 1.82) is 0 Å². The number of imide groups is 1. The lowest BCUT2D eigenvalue weighted by Crippen LogP contribution is -2.52. The molecule has 3 heterocycles. The van der Waals surface area contributed by atoms with Crippen molar-refractivity contribution in [3.05, 3.63) is 42.0 Å². The van der Waals surface area contributed by atoms with E-state index < -0.39 is 59.6 Å². The molecule has 2 amide bonds. The molecule has 2 saturated heterocycles. The molecule has 0 aromatic heterocycles. The lowest BCUT2D eigenvalue weighted by Gasteiger charge is -2.34. The molecule has 4 atom stereocenters. The number of ether oxygens (including phenoxy) is 4. The Hall–Kier alpha value is -3.53. The SMILES string of the molecule is CCOC(=O)c1ccc(N2C(=O)[C@H]3[C@@H]4C=C[C@@](C(OC(C)=O)OC(C)=O)(O4)[C@@H]3C2=O)cc1. The van der Waals surface area contributed by atoms with Crippen LogP contribution in [0.4, 0.5) is 5.69 Å². The summed E-state index contributed by atoms with van der Waals surface area (Å²) in [6.07, 6.45) is 0.832. The van der Waals surface area contributed by atoms with E-state index in [4.69, 9.17) is 18.9 Å². The third kappa shape index (κ3) is 3.27. The number of nitrogens with zero attached hydrogens (tertiary/aromatic N) is 1. The fourth-order valence-corrected chi connectivity index (χ4v) is 4.43. The van der Waals surface area contributed by atoms with Crippen molar-refractivity contribution in [3.63, 3.8) is 0 Å². The van der Waals surface area contributed by atoms with Crippen LogP contribution in [0.25, 0.3) is 0 Å². The van der Waals surface area contributed by atoms with Crippen LogP contribution in [0.15, 0.2) is 36.4 Å². The van der Waals surface area contributed by atoms with Gasteiger partial charge in [-0.2, -0.15) is 0 Å². The molecule has 10 nitrogen and oxygen atoms in total. The average Bonchev–Trinajstić information content (AvgIpc) is 3.38. The van der Waals surface area contributed by atoms with E-state index in [0.717, 1.165) is 18.7 Å². The monoisotopic (exact) mass is 443 g/mol. The molecule has 0 aliphatic carbocycles. The van der Waals surface area contributed by atoms with E-state index in [2.05, 4.69) is 0 Å². The van der Waals surface area contributed by atoms with Crippen LogP contribution in [0.2, 0.25) is 0 Å². The number of anilines is 1. The topological polar surface area (TPSA) is 126 Å². The van der Waals surface area contributed by atoms with Gasteiger partial charge < -0.3 is 18.9 Å². The Morgan fingerprint density at radius 1 is 1.06 bits per heavy atom. The summed E-state index contributed by atoms with van der Waals surface area (Å²) < 4.78 is 21.2. The molecule has 0 N–H and O–H groups in total. The first kappa shape index (κ1) is 21.7. The number of fused-ring (bicyclic) bond motifs is 5. The van der Waals surface area contributed by atoms with Gasteiger partial charge in [0.05, 0.1) is 35.8 Å². The summed E-state index contributed by atoms with van der Waals surface area (Å²) in [6.45, 7) is 4.17. The highest BCUT2D eigenvalue weighted by Crippen LogP contribution is 2.54. The van der Waals surface area contributed by atoms with Crippen molar-refractivity contribution in [1.82, 2.24) is 0 Å². The summed E-state index contributed by atoms with van der Waals surface area (Å²) in [6, 6.07) is 5.87. The van der Waals surface area contributed by atoms with Crippen molar-refractivity contribution in [3.8, 4) is 0 Å². The maximum Gasteiger partial charge on any atom is 0.338 e. The Morgan fingerprint density at radius 3 is 2.25 bits per heavy atom. The number of amides is 2. The Kier molecular flexibility index (Phi) is 5.33. The van der Waals surface area contributed by atoms with Gasteiger partial charge in [0, 0.05) is 13.8 Å². The Bertz CT molecular complexity index is 1010. The third-order valence-electron chi connectivity index (χ3n) is 5.63. The van der Waals surface area contributed by atoms with Gasteiger partial charge in [0.2, 0.25) is 11.8 Å². The minimum atomic E-state index is -1.61. The van der Waals surface area contributed by atoms with E-state index in [0.29, 0.717) is 0 Å². The smallest absolute Gasteiger partial charge is 0.338 e. The zero-order valence-corrected chi connectivity index (χ0v) is 17.6. The van der Waals surface area contributed by atoms with Crippen LogP contribution >= 0.6 is 0 Å². The maximum absolute atomic E-state index is 13.4. The van der Waals surface area contributed by atoms with Crippen molar-refractivity contribution >= 4 is 35.4 Å². The van der Waals surface area contributed by atoms with Crippen LogP contribution in [0, 0.1) is 11.8 Å². The predicted molar refractivity (Wildman–Crippen MR) is 106 cm³/mol. The molecule has 168 valence electrons. The second-order valence-electron chi connectivity index (χ2n) is 7.63. The van der Waals surface area contributed by atoms with Crippen molar-refractivity contribution in [2.45, 2.75) is 38.8 Å². The normalized spacial score (nSPS) is 27.6. The van der Waals surface area contributed by atoms with Gasteiger partial charge in [-0.15, -0.1) is 0 Å². The lowest BCUT2D eigenvalue weighted by atomic mass is 9.76. The number of esters is 3. The van der Waals surface area contributed by atoms with Gasteiger partial charge in [0.15, 0.2) is 5.60 Å². The Morgan fingerprint density at radius 2 is 1.69 bits per heavy atom. The van der Waals surface area contributed by atoms with Crippen molar-refractivity contribution in [2.24, 2.45) is 11.8 Å². The highest BCUT2D eigenvalue weighted by molar-refractivity contribution is 6.23.